The highest BCUT2D eigenvalue weighted by atomic mass is 79.9. The Labute approximate surface area is 104 Å². The summed E-state index contributed by atoms with van der Waals surface area (Å²) in [5.74, 6) is -0.248. The molecule has 2 rings (SSSR count). The zero-order valence-electron chi connectivity index (χ0n) is 7.55. The van der Waals surface area contributed by atoms with Crippen molar-refractivity contribution in [1.82, 2.24) is 4.98 Å². The molecular formula is C11H6Br2FN. The van der Waals surface area contributed by atoms with Gasteiger partial charge in [-0.2, -0.15) is 0 Å². The molecule has 1 nitrogen and oxygen atoms in total. The second kappa shape index (κ2) is 4.41. The van der Waals surface area contributed by atoms with Crippen LogP contribution in [0, 0.1) is 5.82 Å². The van der Waals surface area contributed by atoms with E-state index in [1.54, 1.807) is 12.3 Å². The van der Waals surface area contributed by atoms with Gasteiger partial charge in [0.15, 0.2) is 0 Å². The molecule has 0 aliphatic rings. The predicted octanol–water partition coefficient (Wildman–Crippen LogP) is 4.41. The molecular weight excluding hydrogens is 325 g/mol. The van der Waals surface area contributed by atoms with Crippen LogP contribution in [0.4, 0.5) is 4.39 Å². The van der Waals surface area contributed by atoms with Crippen molar-refractivity contribution in [3.8, 4) is 11.1 Å². The second-order valence-electron chi connectivity index (χ2n) is 3.00. The van der Waals surface area contributed by atoms with Crippen LogP contribution in [0.15, 0.2) is 45.6 Å². The third-order valence-electron chi connectivity index (χ3n) is 1.96. The summed E-state index contributed by atoms with van der Waals surface area (Å²) in [6, 6.07) is 8.26. The highest BCUT2D eigenvalue weighted by Gasteiger charge is 2.05. The van der Waals surface area contributed by atoms with Crippen molar-refractivity contribution in [1.29, 1.82) is 0 Å². The Bertz CT molecular complexity index is 500. The fraction of sp³-hybridized carbons (Fsp3) is 0. The molecule has 1 aromatic heterocycles. The van der Waals surface area contributed by atoms with Crippen LogP contribution in [0.25, 0.3) is 11.1 Å². The molecule has 0 N–H and O–H groups in total. The normalized spacial score (nSPS) is 10.3. The molecule has 0 bridgehead atoms. The number of hydrogen-bond acceptors (Lipinski definition) is 1. The van der Waals surface area contributed by atoms with Crippen LogP contribution in [0.3, 0.4) is 0 Å². The first-order chi connectivity index (χ1) is 7.16. The fourth-order valence-electron chi connectivity index (χ4n) is 1.28. The van der Waals surface area contributed by atoms with E-state index in [0.29, 0.717) is 0 Å². The summed E-state index contributed by atoms with van der Waals surface area (Å²) < 4.78 is 14.6. The maximum Gasteiger partial charge on any atom is 0.123 e. The largest absolute Gasteiger partial charge is 0.249 e. The number of rotatable bonds is 1. The fourth-order valence-corrected chi connectivity index (χ4v) is 2.46. The molecule has 0 aliphatic heterocycles. The lowest BCUT2D eigenvalue weighted by atomic mass is 10.1. The minimum Gasteiger partial charge on any atom is -0.249 e. The van der Waals surface area contributed by atoms with Crippen molar-refractivity contribution >= 4 is 31.9 Å². The van der Waals surface area contributed by atoms with Gasteiger partial charge in [-0.05, 0) is 39.7 Å². The molecule has 4 heteroatoms. The Morgan fingerprint density at radius 1 is 1.13 bits per heavy atom. The highest BCUT2D eigenvalue weighted by Crippen LogP contribution is 2.29. The molecule has 0 unspecified atom stereocenters. The standard InChI is InChI=1S/C11H6Br2FN/c12-10-5-11(13)15-6-9(10)7-2-1-3-8(14)4-7/h1-6H. The van der Waals surface area contributed by atoms with Crippen LogP contribution in [-0.4, -0.2) is 4.98 Å². The van der Waals surface area contributed by atoms with Crippen molar-refractivity contribution in [3.63, 3.8) is 0 Å². The van der Waals surface area contributed by atoms with Crippen LogP contribution in [0.2, 0.25) is 0 Å². The first-order valence-electron chi connectivity index (χ1n) is 4.24. The number of pyridine rings is 1. The molecule has 76 valence electrons. The van der Waals surface area contributed by atoms with Gasteiger partial charge in [-0.1, -0.05) is 28.1 Å². The van der Waals surface area contributed by atoms with Crippen molar-refractivity contribution in [2.45, 2.75) is 0 Å². The Kier molecular flexibility index (Phi) is 3.17. The molecule has 0 atom stereocenters. The molecule has 0 spiro atoms. The van der Waals surface area contributed by atoms with Crippen LogP contribution >= 0.6 is 31.9 Å². The SMILES string of the molecule is Fc1cccc(-c2cnc(Br)cc2Br)c1. The Morgan fingerprint density at radius 2 is 1.93 bits per heavy atom. The lowest BCUT2D eigenvalue weighted by molar-refractivity contribution is 0.628. The Morgan fingerprint density at radius 3 is 2.60 bits per heavy atom. The van der Waals surface area contributed by atoms with Crippen molar-refractivity contribution in [3.05, 3.63) is 51.4 Å². The molecule has 0 fully saturated rings. The van der Waals surface area contributed by atoms with E-state index in [0.717, 1.165) is 20.2 Å². The van der Waals surface area contributed by atoms with Crippen LogP contribution in [0.1, 0.15) is 0 Å². The number of halogens is 3. The quantitative estimate of drug-likeness (QED) is 0.706. The van der Waals surface area contributed by atoms with E-state index in [-0.39, 0.29) is 5.82 Å². The average molecular weight is 331 g/mol. The van der Waals surface area contributed by atoms with Gasteiger partial charge in [-0.15, -0.1) is 0 Å². The van der Waals surface area contributed by atoms with Crippen LogP contribution in [0.5, 0.6) is 0 Å². The number of nitrogens with zero attached hydrogens (tertiary/aromatic N) is 1. The van der Waals surface area contributed by atoms with Crippen molar-refractivity contribution in [2.24, 2.45) is 0 Å². The highest BCUT2D eigenvalue weighted by molar-refractivity contribution is 9.11. The summed E-state index contributed by atoms with van der Waals surface area (Å²) in [6.45, 7) is 0. The topological polar surface area (TPSA) is 12.9 Å². The van der Waals surface area contributed by atoms with Crippen molar-refractivity contribution in [2.75, 3.05) is 0 Å². The molecule has 2 aromatic rings. The average Bonchev–Trinajstić information content (AvgIpc) is 2.17. The summed E-state index contributed by atoms with van der Waals surface area (Å²) >= 11 is 6.68. The van der Waals surface area contributed by atoms with Gasteiger partial charge < -0.3 is 0 Å². The molecule has 0 saturated heterocycles. The summed E-state index contributed by atoms with van der Waals surface area (Å²) in [5, 5.41) is 0. The van der Waals surface area contributed by atoms with Gasteiger partial charge in [0.05, 0.1) is 0 Å². The number of aromatic nitrogens is 1. The van der Waals surface area contributed by atoms with Gasteiger partial charge in [0.25, 0.3) is 0 Å². The lowest BCUT2D eigenvalue weighted by Gasteiger charge is -2.04. The lowest BCUT2D eigenvalue weighted by Crippen LogP contribution is -1.84. The van der Waals surface area contributed by atoms with Gasteiger partial charge in [0.2, 0.25) is 0 Å². The van der Waals surface area contributed by atoms with Gasteiger partial charge >= 0.3 is 0 Å². The zero-order chi connectivity index (χ0) is 10.8. The third kappa shape index (κ3) is 2.44. The molecule has 0 amide bonds. The van der Waals surface area contributed by atoms with E-state index in [1.165, 1.54) is 12.1 Å². The summed E-state index contributed by atoms with van der Waals surface area (Å²) in [6.07, 6.45) is 1.70. The van der Waals surface area contributed by atoms with E-state index in [4.69, 9.17) is 0 Å². The number of benzene rings is 1. The minimum absolute atomic E-state index is 0.248. The van der Waals surface area contributed by atoms with Gasteiger partial charge in [0.1, 0.15) is 10.4 Å². The van der Waals surface area contributed by atoms with E-state index < -0.39 is 0 Å². The minimum atomic E-state index is -0.248. The van der Waals surface area contributed by atoms with E-state index in [9.17, 15) is 4.39 Å². The first-order valence-corrected chi connectivity index (χ1v) is 5.82. The smallest absolute Gasteiger partial charge is 0.123 e. The van der Waals surface area contributed by atoms with Crippen LogP contribution < -0.4 is 0 Å². The molecule has 1 aromatic carbocycles. The monoisotopic (exact) mass is 329 g/mol. The van der Waals surface area contributed by atoms with E-state index in [1.807, 2.05) is 12.1 Å². The molecule has 1 heterocycles. The Hall–Kier alpha value is -0.740. The Balaban J connectivity index is 2.54. The second-order valence-corrected chi connectivity index (χ2v) is 4.66. The predicted molar refractivity (Wildman–Crippen MR) is 65.0 cm³/mol. The van der Waals surface area contributed by atoms with Crippen molar-refractivity contribution < 1.29 is 4.39 Å². The van der Waals surface area contributed by atoms with E-state index >= 15 is 0 Å². The maximum atomic E-state index is 13.0. The van der Waals surface area contributed by atoms with Gasteiger partial charge in [-0.3, -0.25) is 0 Å². The zero-order valence-corrected chi connectivity index (χ0v) is 10.7. The van der Waals surface area contributed by atoms with Gasteiger partial charge in [-0.25, -0.2) is 9.37 Å². The molecule has 0 saturated carbocycles. The van der Waals surface area contributed by atoms with Crippen LogP contribution in [-0.2, 0) is 0 Å². The maximum absolute atomic E-state index is 13.0. The summed E-state index contributed by atoms with van der Waals surface area (Å²) in [7, 11) is 0. The third-order valence-corrected chi connectivity index (χ3v) is 3.05. The van der Waals surface area contributed by atoms with E-state index in [2.05, 4.69) is 36.8 Å². The van der Waals surface area contributed by atoms with Gasteiger partial charge in [0, 0.05) is 16.2 Å². The summed E-state index contributed by atoms with van der Waals surface area (Å²) in [4.78, 5) is 4.11. The molecule has 0 radical (unpaired) electrons. The first kappa shape index (κ1) is 10.8. The molecule has 15 heavy (non-hydrogen) atoms. The number of hydrogen-bond donors (Lipinski definition) is 0. The summed E-state index contributed by atoms with van der Waals surface area (Å²) in [5.41, 5.74) is 1.68. The molecule has 0 aliphatic carbocycles.